The highest BCUT2D eigenvalue weighted by molar-refractivity contribution is 6.35. The van der Waals surface area contributed by atoms with Crippen LogP contribution in [-0.2, 0) is 23.9 Å². The lowest BCUT2D eigenvalue weighted by molar-refractivity contribution is -0.142. The van der Waals surface area contributed by atoms with Gasteiger partial charge in [0.05, 0.1) is 7.11 Å². The van der Waals surface area contributed by atoms with E-state index in [0.29, 0.717) is 22.2 Å². The number of esters is 1. The van der Waals surface area contributed by atoms with Gasteiger partial charge in [0.15, 0.2) is 0 Å². The Labute approximate surface area is 149 Å². The molecule has 0 heterocycles. The van der Waals surface area contributed by atoms with Crippen LogP contribution in [0.3, 0.4) is 0 Å². The zero-order valence-electron chi connectivity index (χ0n) is 13.2. The molecule has 0 aliphatic heterocycles. The summed E-state index contributed by atoms with van der Waals surface area (Å²) in [7, 11) is 2.53. The summed E-state index contributed by atoms with van der Waals surface area (Å²) < 4.78 is 9.41. The Morgan fingerprint density at radius 1 is 1.08 bits per heavy atom. The van der Waals surface area contributed by atoms with E-state index >= 15 is 0 Å². The minimum absolute atomic E-state index is 0.168. The van der Waals surface area contributed by atoms with Crippen molar-refractivity contribution in [3.05, 3.63) is 28.2 Å². The van der Waals surface area contributed by atoms with Crippen LogP contribution >= 0.6 is 23.2 Å². The Balaban J connectivity index is 2.55. The first-order valence-corrected chi connectivity index (χ1v) is 7.77. The number of nitrogens with one attached hydrogen (secondary N) is 2. The predicted octanol–water partition coefficient (Wildman–Crippen LogP) is 2.02. The number of carbonyl (C=O) groups is 3. The molecule has 2 amide bonds. The zero-order chi connectivity index (χ0) is 18.1. The molecule has 1 aromatic rings. The van der Waals surface area contributed by atoms with E-state index in [0.717, 1.165) is 0 Å². The van der Waals surface area contributed by atoms with Crippen LogP contribution in [0.15, 0.2) is 18.2 Å². The highest BCUT2D eigenvalue weighted by Crippen LogP contribution is 2.22. The summed E-state index contributed by atoms with van der Waals surface area (Å²) in [6.45, 7) is 0.212. The highest BCUT2D eigenvalue weighted by atomic mass is 35.5. The molecule has 1 rings (SSSR count). The summed E-state index contributed by atoms with van der Waals surface area (Å²) in [5.74, 6) is -1.66. The Morgan fingerprint density at radius 3 is 2.25 bits per heavy atom. The molecule has 1 aromatic carbocycles. The lowest BCUT2D eigenvalue weighted by Crippen LogP contribution is -2.44. The van der Waals surface area contributed by atoms with Gasteiger partial charge in [-0.05, 0) is 24.6 Å². The number of ether oxygens (including phenoxy) is 2. The molecule has 0 saturated carbocycles. The zero-order valence-corrected chi connectivity index (χ0v) is 14.7. The summed E-state index contributed by atoms with van der Waals surface area (Å²) in [5.41, 5.74) is 0.345. The maximum atomic E-state index is 12.1. The van der Waals surface area contributed by atoms with Crippen molar-refractivity contribution in [1.82, 2.24) is 5.32 Å². The maximum absolute atomic E-state index is 12.1. The van der Waals surface area contributed by atoms with Crippen LogP contribution < -0.4 is 10.6 Å². The van der Waals surface area contributed by atoms with E-state index in [2.05, 4.69) is 15.4 Å². The molecule has 1 unspecified atom stereocenters. The van der Waals surface area contributed by atoms with Gasteiger partial charge in [0.1, 0.15) is 0 Å². The summed E-state index contributed by atoms with van der Waals surface area (Å²) in [6.07, 6.45) is -0.789. The molecule has 0 bridgehead atoms. The third kappa shape index (κ3) is 6.74. The third-order valence-electron chi connectivity index (χ3n) is 2.93. The summed E-state index contributed by atoms with van der Waals surface area (Å²) >= 11 is 11.7. The number of rotatable bonds is 8. The first-order chi connectivity index (χ1) is 11.4. The van der Waals surface area contributed by atoms with Crippen LogP contribution in [-0.4, -0.2) is 44.7 Å². The number of halogens is 2. The smallest absolute Gasteiger partial charge is 0.305 e. The van der Waals surface area contributed by atoms with E-state index in [4.69, 9.17) is 27.9 Å². The second-order valence-electron chi connectivity index (χ2n) is 4.73. The summed E-state index contributed by atoms with van der Waals surface area (Å²) in [6, 6.07) is 4.50. The molecule has 0 aliphatic rings. The fourth-order valence-corrected chi connectivity index (χ4v) is 2.33. The van der Waals surface area contributed by atoms with Crippen molar-refractivity contribution < 1.29 is 23.9 Å². The number of amides is 2. The van der Waals surface area contributed by atoms with Gasteiger partial charge in [-0.15, -0.1) is 0 Å². The predicted molar refractivity (Wildman–Crippen MR) is 90.1 cm³/mol. The first-order valence-electron chi connectivity index (χ1n) is 7.01. The molecule has 132 valence electrons. The molecule has 24 heavy (non-hydrogen) atoms. The van der Waals surface area contributed by atoms with Crippen LogP contribution in [0.1, 0.15) is 12.8 Å². The van der Waals surface area contributed by atoms with Gasteiger partial charge in [0, 0.05) is 35.8 Å². The van der Waals surface area contributed by atoms with Crippen LogP contribution in [0.5, 0.6) is 0 Å². The van der Waals surface area contributed by atoms with Crippen LogP contribution in [0.4, 0.5) is 5.69 Å². The molecule has 0 spiro atoms. The maximum Gasteiger partial charge on any atom is 0.305 e. The topological polar surface area (TPSA) is 93.7 Å². The molecule has 7 nitrogen and oxygen atoms in total. The van der Waals surface area contributed by atoms with Gasteiger partial charge in [0.25, 0.3) is 11.8 Å². The van der Waals surface area contributed by atoms with E-state index in [1.165, 1.54) is 32.4 Å². The Hall–Kier alpha value is -1.83. The quantitative estimate of drug-likeness (QED) is 0.411. The lowest BCUT2D eigenvalue weighted by atomic mass is 10.2. The molecule has 0 aliphatic carbocycles. The normalized spacial score (nSPS) is 11.5. The lowest BCUT2D eigenvalue weighted by Gasteiger charge is -2.15. The van der Waals surface area contributed by atoms with E-state index in [9.17, 15) is 14.4 Å². The van der Waals surface area contributed by atoms with Crippen molar-refractivity contribution in [3.8, 4) is 0 Å². The highest BCUT2D eigenvalue weighted by Gasteiger charge is 2.26. The second kappa shape index (κ2) is 10.1. The van der Waals surface area contributed by atoms with Gasteiger partial charge >= 0.3 is 5.97 Å². The minimum atomic E-state index is -1.35. The van der Waals surface area contributed by atoms with E-state index in [1.807, 2.05) is 0 Å². The number of methoxy groups -OCH3 is 2. The second-order valence-corrected chi connectivity index (χ2v) is 5.61. The molecule has 0 aromatic heterocycles. The molecule has 0 radical (unpaired) electrons. The first kappa shape index (κ1) is 20.2. The number of benzene rings is 1. The molecular weight excluding hydrogens is 359 g/mol. The van der Waals surface area contributed by atoms with E-state index in [1.54, 1.807) is 0 Å². The van der Waals surface area contributed by atoms with Crippen molar-refractivity contribution >= 4 is 46.7 Å². The monoisotopic (exact) mass is 376 g/mol. The molecular formula is C15H18Cl2N2O5. The Morgan fingerprint density at radius 2 is 1.71 bits per heavy atom. The Kier molecular flexibility index (Phi) is 8.53. The van der Waals surface area contributed by atoms with Crippen molar-refractivity contribution in [2.45, 2.75) is 18.9 Å². The van der Waals surface area contributed by atoms with E-state index < -0.39 is 17.9 Å². The van der Waals surface area contributed by atoms with Gasteiger partial charge in [-0.25, -0.2) is 0 Å². The van der Waals surface area contributed by atoms with Gasteiger partial charge < -0.3 is 20.1 Å². The van der Waals surface area contributed by atoms with Gasteiger partial charge in [0.2, 0.25) is 6.10 Å². The Bertz CT molecular complexity index is 589. The van der Waals surface area contributed by atoms with Crippen molar-refractivity contribution in [2.24, 2.45) is 0 Å². The average Bonchev–Trinajstić information content (AvgIpc) is 2.50. The van der Waals surface area contributed by atoms with Gasteiger partial charge in [-0.3, -0.25) is 14.4 Å². The standard InChI is InChI=1S/C15H18Cl2N2O5/c1-23-12(20)4-3-5-18-14(21)13(24-2)15(22)19-11-7-9(16)6-10(17)8-11/h6-8,13H,3-5H2,1-2H3,(H,18,21)(H,19,22). The summed E-state index contributed by atoms with van der Waals surface area (Å²) in [5, 5.41) is 5.72. The number of carbonyl (C=O) groups excluding carboxylic acids is 3. The molecule has 1 atom stereocenters. The molecule has 2 N–H and O–H groups in total. The van der Waals surface area contributed by atoms with Crippen LogP contribution in [0.25, 0.3) is 0 Å². The third-order valence-corrected chi connectivity index (χ3v) is 3.36. The van der Waals surface area contributed by atoms with Crippen LogP contribution in [0.2, 0.25) is 10.0 Å². The fraction of sp³-hybridized carbons (Fsp3) is 0.400. The molecule has 9 heteroatoms. The van der Waals surface area contributed by atoms with Gasteiger partial charge in [-0.2, -0.15) is 0 Å². The average molecular weight is 377 g/mol. The van der Waals surface area contributed by atoms with Crippen LogP contribution in [0, 0.1) is 0 Å². The van der Waals surface area contributed by atoms with Crippen molar-refractivity contribution in [3.63, 3.8) is 0 Å². The van der Waals surface area contributed by atoms with Crippen molar-refractivity contribution in [2.75, 3.05) is 26.1 Å². The fourth-order valence-electron chi connectivity index (χ4n) is 1.81. The molecule has 0 saturated heterocycles. The SMILES string of the molecule is COC(=O)CCCNC(=O)C(OC)C(=O)Nc1cc(Cl)cc(Cl)c1. The number of hydrogen-bond donors (Lipinski definition) is 2. The summed E-state index contributed by atoms with van der Waals surface area (Å²) in [4.78, 5) is 35.1. The number of anilines is 1. The van der Waals surface area contributed by atoms with E-state index in [-0.39, 0.29) is 18.9 Å². The van der Waals surface area contributed by atoms with Gasteiger partial charge in [-0.1, -0.05) is 23.2 Å². The minimum Gasteiger partial charge on any atom is -0.469 e. The molecule has 0 fully saturated rings. The van der Waals surface area contributed by atoms with Crippen molar-refractivity contribution in [1.29, 1.82) is 0 Å². The number of hydrogen-bond acceptors (Lipinski definition) is 5. The largest absolute Gasteiger partial charge is 0.469 e.